The van der Waals surface area contributed by atoms with E-state index in [4.69, 9.17) is 9.26 Å². The minimum Gasteiger partial charge on any atom is -0.370 e. The van der Waals surface area contributed by atoms with Crippen molar-refractivity contribution in [2.24, 2.45) is 5.92 Å². The summed E-state index contributed by atoms with van der Waals surface area (Å²) in [5, 5.41) is 7.01. The summed E-state index contributed by atoms with van der Waals surface area (Å²) < 4.78 is 10.8. The second-order valence-electron chi connectivity index (χ2n) is 4.02. The van der Waals surface area contributed by atoms with Crippen molar-refractivity contribution in [1.29, 1.82) is 0 Å². The van der Waals surface area contributed by atoms with Crippen LogP contribution in [0.1, 0.15) is 38.6 Å². The number of likely N-dealkylation sites (N-methyl/N-ethyl adjacent to an activating group) is 1. The van der Waals surface area contributed by atoms with Gasteiger partial charge in [-0.3, -0.25) is 0 Å². The molecule has 0 spiro atoms. The lowest BCUT2D eigenvalue weighted by molar-refractivity contribution is 0.0217. The monoisotopic (exact) mass is 227 g/mol. The first-order chi connectivity index (χ1) is 7.69. The van der Waals surface area contributed by atoms with Crippen molar-refractivity contribution in [2.45, 2.75) is 33.3 Å². The largest absolute Gasteiger partial charge is 0.370 e. The first-order valence-electron chi connectivity index (χ1n) is 5.77. The molecule has 0 aliphatic rings. The molecular weight excluding hydrogens is 206 g/mol. The average molecular weight is 227 g/mol. The third kappa shape index (κ3) is 3.57. The highest BCUT2D eigenvalue weighted by molar-refractivity contribution is 4.93. The predicted molar refractivity (Wildman–Crippen MR) is 61.1 cm³/mol. The standard InChI is InChI=1S/C11H21N3O2/c1-5-15-10(8(2)3)11-13-9(16-14-11)6-7-12-4/h8,10,12H,5-7H2,1-4H3. The van der Waals surface area contributed by atoms with E-state index >= 15 is 0 Å². The number of aromatic nitrogens is 2. The minimum absolute atomic E-state index is 0.0721. The predicted octanol–water partition coefficient (Wildman–Crippen LogP) is 1.57. The maximum Gasteiger partial charge on any atom is 0.228 e. The number of hydrogen-bond donors (Lipinski definition) is 1. The molecule has 1 atom stereocenters. The van der Waals surface area contributed by atoms with Gasteiger partial charge >= 0.3 is 0 Å². The number of nitrogens with one attached hydrogen (secondary N) is 1. The van der Waals surface area contributed by atoms with Gasteiger partial charge in [-0.05, 0) is 19.9 Å². The summed E-state index contributed by atoms with van der Waals surface area (Å²) in [6.07, 6.45) is 0.678. The first kappa shape index (κ1) is 13.1. The number of hydrogen-bond acceptors (Lipinski definition) is 5. The van der Waals surface area contributed by atoms with Crippen molar-refractivity contribution in [3.8, 4) is 0 Å². The fourth-order valence-corrected chi connectivity index (χ4v) is 1.46. The van der Waals surface area contributed by atoms with E-state index < -0.39 is 0 Å². The molecule has 5 nitrogen and oxygen atoms in total. The molecule has 1 unspecified atom stereocenters. The summed E-state index contributed by atoms with van der Waals surface area (Å²) in [4.78, 5) is 4.35. The molecule has 5 heteroatoms. The molecule has 16 heavy (non-hydrogen) atoms. The number of ether oxygens (including phenoxy) is 1. The second-order valence-corrected chi connectivity index (χ2v) is 4.02. The molecule has 0 saturated carbocycles. The normalized spacial score (nSPS) is 13.3. The van der Waals surface area contributed by atoms with Crippen molar-refractivity contribution in [1.82, 2.24) is 15.5 Å². The van der Waals surface area contributed by atoms with Gasteiger partial charge in [0, 0.05) is 19.6 Å². The van der Waals surface area contributed by atoms with Crippen LogP contribution in [0.3, 0.4) is 0 Å². The smallest absolute Gasteiger partial charge is 0.228 e. The van der Waals surface area contributed by atoms with E-state index in [0.717, 1.165) is 13.0 Å². The highest BCUT2D eigenvalue weighted by atomic mass is 16.5. The topological polar surface area (TPSA) is 60.2 Å². The van der Waals surface area contributed by atoms with Crippen LogP contribution in [0.5, 0.6) is 0 Å². The lowest BCUT2D eigenvalue weighted by Gasteiger charge is -2.16. The van der Waals surface area contributed by atoms with Crippen LogP contribution in [-0.2, 0) is 11.2 Å². The van der Waals surface area contributed by atoms with Gasteiger partial charge in [-0.25, -0.2) is 0 Å². The van der Waals surface area contributed by atoms with E-state index in [1.54, 1.807) is 0 Å². The summed E-state index contributed by atoms with van der Waals surface area (Å²) in [5.41, 5.74) is 0. The Labute approximate surface area is 96.6 Å². The Bertz CT molecular complexity index is 299. The zero-order chi connectivity index (χ0) is 12.0. The van der Waals surface area contributed by atoms with Crippen LogP contribution < -0.4 is 5.32 Å². The molecule has 92 valence electrons. The summed E-state index contributed by atoms with van der Waals surface area (Å²) >= 11 is 0. The van der Waals surface area contributed by atoms with Crippen LogP contribution >= 0.6 is 0 Å². The highest BCUT2D eigenvalue weighted by Crippen LogP contribution is 2.23. The summed E-state index contributed by atoms with van der Waals surface area (Å²) in [7, 11) is 1.90. The Morgan fingerprint density at radius 2 is 2.19 bits per heavy atom. The molecule has 1 rings (SSSR count). The van der Waals surface area contributed by atoms with E-state index in [-0.39, 0.29) is 6.10 Å². The van der Waals surface area contributed by atoms with Crippen LogP contribution in [0, 0.1) is 5.92 Å². The van der Waals surface area contributed by atoms with Crippen molar-refractivity contribution in [3.05, 3.63) is 11.7 Å². The van der Waals surface area contributed by atoms with Gasteiger partial charge in [-0.2, -0.15) is 4.98 Å². The van der Waals surface area contributed by atoms with Crippen LogP contribution in [0.2, 0.25) is 0 Å². The lowest BCUT2D eigenvalue weighted by atomic mass is 10.1. The summed E-state index contributed by atoms with van der Waals surface area (Å²) in [6, 6.07) is 0. The molecule has 0 radical (unpaired) electrons. The SMILES string of the molecule is CCOC(c1noc(CCNC)n1)C(C)C. The van der Waals surface area contributed by atoms with Gasteiger partial charge in [-0.15, -0.1) is 0 Å². The Balaban J connectivity index is 2.65. The van der Waals surface area contributed by atoms with Crippen LogP contribution in [0.4, 0.5) is 0 Å². The number of rotatable bonds is 7. The zero-order valence-corrected chi connectivity index (χ0v) is 10.5. The highest BCUT2D eigenvalue weighted by Gasteiger charge is 2.21. The fraction of sp³-hybridized carbons (Fsp3) is 0.818. The van der Waals surface area contributed by atoms with Gasteiger partial charge < -0.3 is 14.6 Å². The van der Waals surface area contributed by atoms with Gasteiger partial charge in [0.1, 0.15) is 6.10 Å². The molecule has 1 heterocycles. The van der Waals surface area contributed by atoms with E-state index in [2.05, 4.69) is 29.3 Å². The van der Waals surface area contributed by atoms with E-state index in [1.165, 1.54) is 0 Å². The molecule has 0 saturated heterocycles. The molecule has 0 aromatic carbocycles. The van der Waals surface area contributed by atoms with E-state index in [0.29, 0.717) is 24.2 Å². The van der Waals surface area contributed by atoms with Gasteiger partial charge in [0.2, 0.25) is 11.7 Å². The van der Waals surface area contributed by atoms with Gasteiger partial charge in [0.15, 0.2) is 0 Å². The maximum atomic E-state index is 5.61. The van der Waals surface area contributed by atoms with Crippen molar-refractivity contribution in [3.63, 3.8) is 0 Å². The molecule has 1 aromatic rings. The Morgan fingerprint density at radius 1 is 1.44 bits per heavy atom. The van der Waals surface area contributed by atoms with Crippen LogP contribution in [-0.4, -0.2) is 30.3 Å². The second kappa shape index (κ2) is 6.60. The Hall–Kier alpha value is -0.940. The Kier molecular flexibility index (Phi) is 5.42. The van der Waals surface area contributed by atoms with E-state index in [1.807, 2.05) is 14.0 Å². The molecular formula is C11H21N3O2. The minimum atomic E-state index is -0.0721. The van der Waals surface area contributed by atoms with Crippen LogP contribution in [0.25, 0.3) is 0 Å². The van der Waals surface area contributed by atoms with Crippen molar-refractivity contribution >= 4 is 0 Å². The number of nitrogens with zero attached hydrogens (tertiary/aromatic N) is 2. The fourth-order valence-electron chi connectivity index (χ4n) is 1.46. The van der Waals surface area contributed by atoms with Crippen molar-refractivity contribution < 1.29 is 9.26 Å². The quantitative estimate of drug-likeness (QED) is 0.766. The molecule has 1 N–H and O–H groups in total. The lowest BCUT2D eigenvalue weighted by Crippen LogP contribution is -2.13. The maximum absolute atomic E-state index is 5.61. The summed E-state index contributed by atoms with van der Waals surface area (Å²) in [5.74, 6) is 1.66. The third-order valence-corrected chi connectivity index (χ3v) is 2.28. The third-order valence-electron chi connectivity index (χ3n) is 2.28. The molecule has 0 bridgehead atoms. The van der Waals surface area contributed by atoms with Crippen molar-refractivity contribution in [2.75, 3.05) is 20.2 Å². The molecule has 1 aromatic heterocycles. The average Bonchev–Trinajstić information content (AvgIpc) is 2.70. The van der Waals surface area contributed by atoms with Gasteiger partial charge in [0.05, 0.1) is 0 Å². The summed E-state index contributed by atoms with van der Waals surface area (Å²) in [6.45, 7) is 7.64. The first-order valence-corrected chi connectivity index (χ1v) is 5.77. The van der Waals surface area contributed by atoms with E-state index in [9.17, 15) is 0 Å². The zero-order valence-electron chi connectivity index (χ0n) is 10.5. The molecule has 0 aliphatic heterocycles. The van der Waals surface area contributed by atoms with Gasteiger partial charge in [-0.1, -0.05) is 19.0 Å². The molecule has 0 fully saturated rings. The van der Waals surface area contributed by atoms with Crippen LogP contribution in [0.15, 0.2) is 4.52 Å². The Morgan fingerprint density at radius 3 is 2.75 bits per heavy atom. The van der Waals surface area contributed by atoms with Gasteiger partial charge in [0.25, 0.3) is 0 Å². The molecule has 0 amide bonds. The molecule has 0 aliphatic carbocycles.